The van der Waals surface area contributed by atoms with Crippen molar-refractivity contribution in [1.82, 2.24) is 10.2 Å². The summed E-state index contributed by atoms with van der Waals surface area (Å²) >= 11 is 0. The van der Waals surface area contributed by atoms with Crippen molar-refractivity contribution in [3.05, 3.63) is 0 Å². The van der Waals surface area contributed by atoms with Gasteiger partial charge < -0.3 is 16.0 Å². The zero-order valence-electron chi connectivity index (χ0n) is 9.55. The molecule has 0 saturated carbocycles. The Hall–Kier alpha value is -0.610. The maximum Gasteiger partial charge on any atom is 0.223 e. The lowest BCUT2D eigenvalue weighted by Crippen LogP contribution is -2.37. The van der Waals surface area contributed by atoms with Gasteiger partial charge >= 0.3 is 0 Å². The monoisotopic (exact) mass is 201 g/mol. The molecule has 0 bridgehead atoms. The quantitative estimate of drug-likeness (QED) is 0.618. The van der Waals surface area contributed by atoms with Gasteiger partial charge in [0.15, 0.2) is 0 Å². The van der Waals surface area contributed by atoms with Crippen LogP contribution in [-0.2, 0) is 4.79 Å². The zero-order valence-corrected chi connectivity index (χ0v) is 9.55. The van der Waals surface area contributed by atoms with E-state index in [-0.39, 0.29) is 5.91 Å². The van der Waals surface area contributed by atoms with Crippen molar-refractivity contribution in [1.29, 1.82) is 0 Å². The maximum atomic E-state index is 11.5. The molecule has 4 nitrogen and oxygen atoms in total. The van der Waals surface area contributed by atoms with Gasteiger partial charge in [0.1, 0.15) is 0 Å². The number of nitrogens with two attached hydrogens (primary N) is 1. The number of carbonyl (C=O) groups excluding carboxylic acids is 1. The summed E-state index contributed by atoms with van der Waals surface area (Å²) in [6.45, 7) is 8.92. The predicted molar refractivity (Wildman–Crippen MR) is 59.1 cm³/mol. The molecule has 0 spiro atoms. The lowest BCUT2D eigenvalue weighted by molar-refractivity contribution is -0.130. The predicted octanol–water partition coefficient (Wildman–Crippen LogP) is 0.182. The smallest absolute Gasteiger partial charge is 0.223 e. The highest BCUT2D eigenvalue weighted by Gasteiger charge is 2.08. The molecular weight excluding hydrogens is 178 g/mol. The Labute approximate surface area is 86.8 Å². The van der Waals surface area contributed by atoms with E-state index in [0.717, 1.165) is 13.1 Å². The summed E-state index contributed by atoms with van der Waals surface area (Å²) in [6, 6.07) is 0.291. The minimum atomic E-state index is 0.215. The van der Waals surface area contributed by atoms with E-state index in [9.17, 15) is 4.79 Å². The third-order valence-corrected chi connectivity index (χ3v) is 2.30. The number of carbonyl (C=O) groups is 1. The van der Waals surface area contributed by atoms with E-state index in [1.54, 1.807) is 0 Å². The Morgan fingerprint density at radius 1 is 1.43 bits per heavy atom. The van der Waals surface area contributed by atoms with Crippen LogP contribution in [0, 0.1) is 0 Å². The zero-order chi connectivity index (χ0) is 11.0. The van der Waals surface area contributed by atoms with Gasteiger partial charge in [0.25, 0.3) is 0 Å². The average Bonchev–Trinajstić information content (AvgIpc) is 2.19. The van der Waals surface area contributed by atoms with Gasteiger partial charge in [-0.3, -0.25) is 4.79 Å². The van der Waals surface area contributed by atoms with E-state index in [2.05, 4.69) is 5.32 Å². The Morgan fingerprint density at radius 3 is 2.43 bits per heavy atom. The van der Waals surface area contributed by atoms with E-state index in [4.69, 9.17) is 5.73 Å². The van der Waals surface area contributed by atoms with Gasteiger partial charge in [-0.1, -0.05) is 0 Å². The van der Waals surface area contributed by atoms with Crippen LogP contribution in [0.1, 0.15) is 27.2 Å². The van der Waals surface area contributed by atoms with Crippen molar-refractivity contribution in [2.24, 2.45) is 5.73 Å². The van der Waals surface area contributed by atoms with Gasteiger partial charge in [0, 0.05) is 38.6 Å². The summed E-state index contributed by atoms with van der Waals surface area (Å²) < 4.78 is 0. The first-order chi connectivity index (χ1) is 6.65. The largest absolute Gasteiger partial charge is 0.343 e. The summed E-state index contributed by atoms with van der Waals surface area (Å²) in [5, 5.41) is 3.19. The maximum absolute atomic E-state index is 11.5. The first-order valence-electron chi connectivity index (χ1n) is 5.36. The molecule has 4 heteroatoms. The van der Waals surface area contributed by atoms with Gasteiger partial charge in [-0.25, -0.2) is 0 Å². The van der Waals surface area contributed by atoms with Crippen molar-refractivity contribution in [3.8, 4) is 0 Å². The molecule has 1 atom stereocenters. The molecule has 0 fully saturated rings. The van der Waals surface area contributed by atoms with Crippen molar-refractivity contribution in [2.75, 3.05) is 26.2 Å². The minimum Gasteiger partial charge on any atom is -0.343 e. The van der Waals surface area contributed by atoms with E-state index >= 15 is 0 Å². The molecule has 0 aliphatic rings. The van der Waals surface area contributed by atoms with Gasteiger partial charge in [-0.05, 0) is 20.8 Å². The second-order valence-corrected chi connectivity index (χ2v) is 3.41. The molecule has 0 saturated heterocycles. The van der Waals surface area contributed by atoms with Crippen LogP contribution in [0.5, 0.6) is 0 Å². The molecule has 0 radical (unpaired) electrons. The van der Waals surface area contributed by atoms with Gasteiger partial charge in [0.05, 0.1) is 0 Å². The van der Waals surface area contributed by atoms with Crippen LogP contribution in [0.2, 0.25) is 0 Å². The van der Waals surface area contributed by atoms with Gasteiger partial charge in [-0.15, -0.1) is 0 Å². The van der Waals surface area contributed by atoms with Crippen LogP contribution < -0.4 is 11.1 Å². The number of nitrogens with one attached hydrogen (secondary N) is 1. The normalized spacial score (nSPS) is 12.6. The van der Waals surface area contributed by atoms with E-state index in [1.807, 2.05) is 25.7 Å². The van der Waals surface area contributed by atoms with E-state index in [1.165, 1.54) is 0 Å². The van der Waals surface area contributed by atoms with Crippen LogP contribution in [0.3, 0.4) is 0 Å². The van der Waals surface area contributed by atoms with Crippen molar-refractivity contribution in [3.63, 3.8) is 0 Å². The fourth-order valence-corrected chi connectivity index (χ4v) is 1.24. The molecular formula is C10H23N3O. The van der Waals surface area contributed by atoms with Crippen molar-refractivity contribution >= 4 is 5.91 Å². The van der Waals surface area contributed by atoms with Crippen molar-refractivity contribution < 1.29 is 4.79 Å². The summed E-state index contributed by atoms with van der Waals surface area (Å²) in [5.74, 6) is 0.215. The number of amides is 1. The molecule has 0 aromatic carbocycles. The van der Waals surface area contributed by atoms with Crippen LogP contribution in [0.15, 0.2) is 0 Å². The summed E-state index contributed by atoms with van der Waals surface area (Å²) in [6.07, 6.45) is 0.562. The summed E-state index contributed by atoms with van der Waals surface area (Å²) in [7, 11) is 0. The summed E-state index contributed by atoms with van der Waals surface area (Å²) in [5.41, 5.74) is 5.44. The van der Waals surface area contributed by atoms with Gasteiger partial charge in [-0.2, -0.15) is 0 Å². The number of rotatable bonds is 7. The van der Waals surface area contributed by atoms with E-state index < -0.39 is 0 Å². The first-order valence-corrected chi connectivity index (χ1v) is 5.36. The number of hydrogen-bond acceptors (Lipinski definition) is 3. The lowest BCUT2D eigenvalue weighted by atomic mass is 10.3. The van der Waals surface area contributed by atoms with E-state index in [0.29, 0.717) is 25.6 Å². The Bertz CT molecular complexity index is 157. The number of nitrogens with zero attached hydrogens (tertiary/aromatic N) is 1. The standard InChI is InChI=1S/C10H23N3O/c1-4-13(5-2)10(14)6-7-12-9(3)8-11/h9,12H,4-8,11H2,1-3H3. The SMILES string of the molecule is CCN(CC)C(=O)CCNC(C)CN. The molecule has 1 amide bonds. The second kappa shape index (κ2) is 7.76. The molecule has 0 heterocycles. The van der Waals surface area contributed by atoms with Crippen LogP contribution in [0.4, 0.5) is 0 Å². The molecule has 3 N–H and O–H groups in total. The molecule has 1 unspecified atom stereocenters. The van der Waals surface area contributed by atoms with Crippen LogP contribution in [-0.4, -0.2) is 43.0 Å². The van der Waals surface area contributed by atoms with Crippen molar-refractivity contribution in [2.45, 2.75) is 33.2 Å². The molecule has 14 heavy (non-hydrogen) atoms. The Kier molecular flexibility index (Phi) is 7.42. The third kappa shape index (κ3) is 5.19. The topological polar surface area (TPSA) is 58.4 Å². The highest BCUT2D eigenvalue weighted by molar-refractivity contribution is 5.76. The van der Waals surface area contributed by atoms with Gasteiger partial charge in [0.2, 0.25) is 5.91 Å². The highest BCUT2D eigenvalue weighted by atomic mass is 16.2. The Morgan fingerprint density at radius 2 is 2.00 bits per heavy atom. The highest BCUT2D eigenvalue weighted by Crippen LogP contribution is 1.92. The Balaban J connectivity index is 3.62. The van der Waals surface area contributed by atoms with Crippen LogP contribution >= 0.6 is 0 Å². The molecule has 0 aliphatic heterocycles. The molecule has 0 rings (SSSR count). The second-order valence-electron chi connectivity index (χ2n) is 3.41. The fourth-order valence-electron chi connectivity index (χ4n) is 1.24. The minimum absolute atomic E-state index is 0.215. The van der Waals surface area contributed by atoms with Crippen LogP contribution in [0.25, 0.3) is 0 Å². The molecule has 0 aliphatic carbocycles. The molecule has 0 aromatic heterocycles. The first kappa shape index (κ1) is 13.4. The number of hydrogen-bond donors (Lipinski definition) is 2. The molecule has 0 aromatic rings. The average molecular weight is 201 g/mol. The lowest BCUT2D eigenvalue weighted by Gasteiger charge is -2.19. The fraction of sp³-hybridized carbons (Fsp3) is 0.900. The molecule has 84 valence electrons. The summed E-state index contributed by atoms with van der Waals surface area (Å²) in [4.78, 5) is 13.4. The third-order valence-electron chi connectivity index (χ3n) is 2.30.